The zero-order chi connectivity index (χ0) is 18.5. The highest BCUT2D eigenvalue weighted by atomic mass is 19.3. The summed E-state index contributed by atoms with van der Waals surface area (Å²) < 4.78 is 62.2. The molecule has 0 fully saturated rings. The lowest BCUT2D eigenvalue weighted by atomic mass is 10.2. The second-order valence-electron chi connectivity index (χ2n) is 5.13. The third-order valence-electron chi connectivity index (χ3n) is 3.12. The molecule has 0 aliphatic carbocycles. The summed E-state index contributed by atoms with van der Waals surface area (Å²) in [6.07, 6.45) is -6.49. The van der Waals surface area contributed by atoms with Gasteiger partial charge in [-0.1, -0.05) is 13.3 Å². The quantitative estimate of drug-likeness (QED) is 0.564. The lowest BCUT2D eigenvalue weighted by Gasteiger charge is -2.26. The zero-order valence-corrected chi connectivity index (χ0v) is 13.3. The van der Waals surface area contributed by atoms with Gasteiger partial charge in [-0.15, -0.1) is 0 Å². The monoisotopic (exact) mass is 360 g/mol. The second-order valence-corrected chi connectivity index (χ2v) is 5.13. The average Bonchev–Trinajstić information content (AvgIpc) is 2.56. The molecule has 9 heteroatoms. The smallest absolute Gasteiger partial charge is 0.494 e. The Hall–Kier alpha value is -2.42. The van der Waals surface area contributed by atoms with Crippen molar-refractivity contribution in [3.8, 4) is 22.9 Å². The number of nitrogens with zero attached hydrogens (tertiary/aromatic N) is 2. The van der Waals surface area contributed by atoms with Gasteiger partial charge < -0.3 is 14.6 Å². The number of rotatable bonds is 8. The van der Waals surface area contributed by atoms with Gasteiger partial charge in [0, 0.05) is 5.56 Å². The highest BCUT2D eigenvalue weighted by Gasteiger charge is 2.61. The third kappa shape index (κ3) is 4.79. The molecule has 0 atom stereocenters. The van der Waals surface area contributed by atoms with Crippen LogP contribution in [0, 0.1) is 0 Å². The summed E-state index contributed by atoms with van der Waals surface area (Å²) in [5.74, 6) is -0.371. The molecule has 136 valence electrons. The molecule has 0 amide bonds. The van der Waals surface area contributed by atoms with Gasteiger partial charge in [-0.05, 0) is 30.7 Å². The molecule has 25 heavy (non-hydrogen) atoms. The Morgan fingerprint density at radius 3 is 2.16 bits per heavy atom. The van der Waals surface area contributed by atoms with E-state index in [9.17, 15) is 17.6 Å². The van der Waals surface area contributed by atoms with Gasteiger partial charge in [0.05, 0.1) is 19.0 Å². The molecule has 0 bridgehead atoms. The fourth-order valence-corrected chi connectivity index (χ4v) is 1.78. The summed E-state index contributed by atoms with van der Waals surface area (Å²) in [4.78, 5) is 7.69. The number of aromatic hydroxyl groups is 1. The zero-order valence-electron chi connectivity index (χ0n) is 13.3. The summed E-state index contributed by atoms with van der Waals surface area (Å²) in [5.41, 5.74) is 0.432. The van der Waals surface area contributed by atoms with Crippen molar-refractivity contribution in [2.75, 3.05) is 6.61 Å². The number of unbranched alkanes of at least 4 members (excludes halogenated alkanes) is 1. The van der Waals surface area contributed by atoms with Crippen LogP contribution >= 0.6 is 0 Å². The molecule has 1 heterocycles. The van der Waals surface area contributed by atoms with Crippen molar-refractivity contribution in [3.05, 3.63) is 36.7 Å². The van der Waals surface area contributed by atoms with Gasteiger partial charge in [0.2, 0.25) is 0 Å². The first-order valence-electron chi connectivity index (χ1n) is 7.45. The van der Waals surface area contributed by atoms with Crippen LogP contribution in [0.5, 0.6) is 11.5 Å². The van der Waals surface area contributed by atoms with Crippen molar-refractivity contribution < 1.29 is 32.1 Å². The maximum Gasteiger partial charge on any atom is 0.494 e. The van der Waals surface area contributed by atoms with Crippen molar-refractivity contribution in [2.45, 2.75) is 32.0 Å². The lowest BCUT2D eigenvalue weighted by molar-refractivity contribution is -0.407. The molecule has 1 aromatic heterocycles. The molecule has 0 aliphatic heterocycles. The van der Waals surface area contributed by atoms with Crippen molar-refractivity contribution in [1.29, 1.82) is 0 Å². The predicted molar refractivity (Wildman–Crippen MR) is 80.5 cm³/mol. The van der Waals surface area contributed by atoms with Crippen molar-refractivity contribution in [3.63, 3.8) is 0 Å². The molecule has 0 spiro atoms. The number of halogens is 4. The van der Waals surface area contributed by atoms with Crippen LogP contribution in [0.4, 0.5) is 17.6 Å². The van der Waals surface area contributed by atoms with Crippen LogP contribution in [0.2, 0.25) is 0 Å². The number of hydrogen-bond donors (Lipinski definition) is 1. The van der Waals surface area contributed by atoms with E-state index in [4.69, 9.17) is 5.11 Å². The second kappa shape index (κ2) is 7.64. The molecular weight excluding hydrogens is 344 g/mol. The highest BCUT2D eigenvalue weighted by Crippen LogP contribution is 2.37. The van der Waals surface area contributed by atoms with E-state index in [1.165, 1.54) is 12.1 Å². The van der Waals surface area contributed by atoms with Gasteiger partial charge in [0.15, 0.2) is 11.6 Å². The molecule has 0 saturated heterocycles. The number of alkyl halides is 4. The van der Waals surface area contributed by atoms with Gasteiger partial charge in [-0.3, -0.25) is 0 Å². The minimum atomic E-state index is -4.82. The highest BCUT2D eigenvalue weighted by molar-refractivity contribution is 5.56. The Morgan fingerprint density at radius 1 is 1.00 bits per heavy atom. The van der Waals surface area contributed by atoms with Crippen LogP contribution in [0.25, 0.3) is 11.4 Å². The minimum absolute atomic E-state index is 0.131. The molecule has 2 aromatic rings. The summed E-state index contributed by atoms with van der Waals surface area (Å²) >= 11 is 0. The fourth-order valence-electron chi connectivity index (χ4n) is 1.78. The molecule has 0 aliphatic rings. The summed E-state index contributed by atoms with van der Waals surface area (Å²) in [7, 11) is 0. The minimum Gasteiger partial charge on any atom is -0.505 e. The average molecular weight is 360 g/mol. The number of hydrogen-bond acceptors (Lipinski definition) is 5. The van der Waals surface area contributed by atoms with Crippen LogP contribution < -0.4 is 4.74 Å². The van der Waals surface area contributed by atoms with Crippen molar-refractivity contribution in [1.82, 2.24) is 9.97 Å². The Bertz CT molecular complexity index is 679. The Kier molecular flexibility index (Phi) is 5.78. The van der Waals surface area contributed by atoms with Gasteiger partial charge in [0.25, 0.3) is 0 Å². The van der Waals surface area contributed by atoms with E-state index in [2.05, 4.69) is 19.4 Å². The summed E-state index contributed by atoms with van der Waals surface area (Å²) in [6.45, 7) is 1.22. The molecule has 0 unspecified atom stereocenters. The molecular formula is C16H16F4N2O3. The van der Waals surface area contributed by atoms with Crippen LogP contribution in [-0.2, 0) is 4.74 Å². The van der Waals surface area contributed by atoms with Crippen molar-refractivity contribution >= 4 is 0 Å². The molecule has 2 rings (SSSR count). The van der Waals surface area contributed by atoms with E-state index < -0.39 is 24.6 Å². The van der Waals surface area contributed by atoms with Crippen LogP contribution in [0.3, 0.4) is 0 Å². The maximum atomic E-state index is 13.6. The fraction of sp³-hybridized carbons (Fsp3) is 0.375. The first kappa shape index (κ1) is 18.9. The van der Waals surface area contributed by atoms with E-state index in [1.807, 2.05) is 0 Å². The third-order valence-corrected chi connectivity index (χ3v) is 3.12. The lowest BCUT2D eigenvalue weighted by Crippen LogP contribution is -2.47. The number of benzene rings is 1. The Labute approximate surface area is 141 Å². The maximum absolute atomic E-state index is 13.6. The summed E-state index contributed by atoms with van der Waals surface area (Å²) in [6, 6.07) is 4.82. The van der Waals surface area contributed by atoms with E-state index in [1.54, 1.807) is 6.92 Å². The van der Waals surface area contributed by atoms with E-state index in [0.717, 1.165) is 24.5 Å². The van der Waals surface area contributed by atoms with E-state index >= 15 is 0 Å². The van der Waals surface area contributed by atoms with Crippen LogP contribution in [0.1, 0.15) is 19.8 Å². The Balaban J connectivity index is 2.07. The van der Waals surface area contributed by atoms with Gasteiger partial charge in [0.1, 0.15) is 5.75 Å². The molecule has 5 nitrogen and oxygen atoms in total. The van der Waals surface area contributed by atoms with E-state index in [-0.39, 0.29) is 18.0 Å². The molecule has 1 aromatic carbocycles. The van der Waals surface area contributed by atoms with Gasteiger partial charge in [-0.25, -0.2) is 9.97 Å². The van der Waals surface area contributed by atoms with Gasteiger partial charge in [-0.2, -0.15) is 17.6 Å². The van der Waals surface area contributed by atoms with Crippen LogP contribution in [0.15, 0.2) is 36.7 Å². The normalized spacial score (nSPS) is 12.2. The van der Waals surface area contributed by atoms with Crippen LogP contribution in [-0.4, -0.2) is 33.9 Å². The topological polar surface area (TPSA) is 64.5 Å². The first-order chi connectivity index (χ1) is 11.7. The summed E-state index contributed by atoms with van der Waals surface area (Å²) in [5, 5.41) is 9.12. The van der Waals surface area contributed by atoms with Gasteiger partial charge >= 0.3 is 12.2 Å². The SMILES string of the molecule is CCCCOC(F)(F)C(F)(F)Oc1ccc(-c2ncc(O)cn2)cc1. The van der Waals surface area contributed by atoms with E-state index in [0.29, 0.717) is 12.0 Å². The predicted octanol–water partition coefficient (Wildman–Crippen LogP) is 4.23. The van der Waals surface area contributed by atoms with Crippen molar-refractivity contribution in [2.24, 2.45) is 0 Å². The molecule has 0 radical (unpaired) electrons. The molecule has 0 saturated carbocycles. The largest absolute Gasteiger partial charge is 0.505 e. The standard InChI is InChI=1S/C16H16F4N2O3/c1-2-3-8-24-15(17,18)16(19,20)25-13-6-4-11(5-7-13)14-21-9-12(23)10-22-14/h4-7,9-10,23H,2-3,8H2,1H3. The molecule has 1 N–H and O–H groups in total. The number of aromatic nitrogens is 2. The Morgan fingerprint density at radius 2 is 1.60 bits per heavy atom. The first-order valence-corrected chi connectivity index (χ1v) is 7.45. The number of ether oxygens (including phenoxy) is 2.